The average molecular weight is 277 g/mol. The number of nitrogens with two attached hydrogens (primary N) is 1. The Hall–Kier alpha value is -1.46. The highest BCUT2D eigenvalue weighted by Crippen LogP contribution is 2.10. The molecule has 1 aromatic carbocycles. The first kappa shape index (κ1) is 14.0. The molecule has 1 aliphatic heterocycles. The van der Waals surface area contributed by atoms with Crippen LogP contribution in [0.1, 0.15) is 28.8 Å². The van der Waals surface area contributed by atoms with Gasteiger partial charge >= 0.3 is 0 Å². The van der Waals surface area contributed by atoms with Gasteiger partial charge in [-0.1, -0.05) is 24.4 Å². The van der Waals surface area contributed by atoms with Crippen molar-refractivity contribution >= 4 is 23.1 Å². The Balaban J connectivity index is 2.03. The molecule has 5 heteroatoms. The molecule has 1 atom stereocenters. The highest BCUT2D eigenvalue weighted by atomic mass is 32.1. The summed E-state index contributed by atoms with van der Waals surface area (Å²) in [6.45, 7) is 2.00. The second-order valence-corrected chi connectivity index (χ2v) is 5.46. The normalized spacial score (nSPS) is 19.9. The van der Waals surface area contributed by atoms with Gasteiger partial charge in [0.05, 0.1) is 0 Å². The first-order valence-corrected chi connectivity index (χ1v) is 6.86. The second-order valence-electron chi connectivity index (χ2n) is 5.02. The Morgan fingerprint density at radius 3 is 2.89 bits per heavy atom. The zero-order valence-electron chi connectivity index (χ0n) is 11.1. The Morgan fingerprint density at radius 2 is 2.21 bits per heavy atom. The van der Waals surface area contributed by atoms with Crippen LogP contribution in [0.25, 0.3) is 0 Å². The average Bonchev–Trinajstić information content (AvgIpc) is 2.39. The van der Waals surface area contributed by atoms with Gasteiger partial charge in [0.2, 0.25) is 0 Å². The molecule has 0 aliphatic carbocycles. The third kappa shape index (κ3) is 3.75. The smallest absolute Gasteiger partial charge is 0.251 e. The number of likely N-dealkylation sites (tertiary alicyclic amines) is 1. The van der Waals surface area contributed by atoms with Gasteiger partial charge in [0.25, 0.3) is 5.91 Å². The molecule has 1 saturated heterocycles. The Bertz CT molecular complexity index is 489. The number of hydrogen-bond acceptors (Lipinski definition) is 3. The van der Waals surface area contributed by atoms with Gasteiger partial charge in [-0.25, -0.2) is 0 Å². The van der Waals surface area contributed by atoms with E-state index in [1.54, 1.807) is 18.2 Å². The van der Waals surface area contributed by atoms with Gasteiger partial charge in [-0.2, -0.15) is 0 Å². The largest absolute Gasteiger partial charge is 0.389 e. The Morgan fingerprint density at radius 1 is 1.47 bits per heavy atom. The Labute approximate surface area is 119 Å². The van der Waals surface area contributed by atoms with Crippen molar-refractivity contribution in [3.63, 3.8) is 0 Å². The maximum absolute atomic E-state index is 12.2. The van der Waals surface area contributed by atoms with E-state index in [4.69, 9.17) is 18.0 Å². The molecule has 19 heavy (non-hydrogen) atoms. The molecule has 1 amide bonds. The van der Waals surface area contributed by atoms with Crippen LogP contribution in [0.5, 0.6) is 0 Å². The number of likely N-dealkylation sites (N-methyl/N-ethyl adjacent to an activating group) is 1. The summed E-state index contributed by atoms with van der Waals surface area (Å²) in [5.74, 6) is -0.0570. The van der Waals surface area contributed by atoms with Crippen molar-refractivity contribution < 1.29 is 4.79 Å². The molecule has 1 unspecified atom stereocenters. The van der Waals surface area contributed by atoms with Gasteiger partial charge in [0.1, 0.15) is 4.99 Å². The molecule has 1 heterocycles. The van der Waals surface area contributed by atoms with Crippen LogP contribution in [0.3, 0.4) is 0 Å². The van der Waals surface area contributed by atoms with E-state index in [9.17, 15) is 4.79 Å². The van der Waals surface area contributed by atoms with E-state index in [1.165, 1.54) is 0 Å². The minimum absolute atomic E-state index is 0.0570. The van der Waals surface area contributed by atoms with Crippen LogP contribution in [0.2, 0.25) is 0 Å². The number of rotatable bonds is 3. The van der Waals surface area contributed by atoms with Crippen molar-refractivity contribution in [3.8, 4) is 0 Å². The van der Waals surface area contributed by atoms with E-state index in [2.05, 4.69) is 17.3 Å². The number of amides is 1. The van der Waals surface area contributed by atoms with Crippen LogP contribution in [-0.4, -0.2) is 42.0 Å². The lowest BCUT2D eigenvalue weighted by atomic mass is 10.0. The van der Waals surface area contributed by atoms with Crippen molar-refractivity contribution in [3.05, 3.63) is 35.4 Å². The summed E-state index contributed by atoms with van der Waals surface area (Å²) in [6.07, 6.45) is 2.15. The van der Waals surface area contributed by atoms with Crippen LogP contribution in [-0.2, 0) is 0 Å². The molecule has 0 saturated carbocycles. The number of nitrogens with one attached hydrogen (secondary N) is 1. The van der Waals surface area contributed by atoms with Gasteiger partial charge in [-0.15, -0.1) is 0 Å². The second kappa shape index (κ2) is 6.12. The summed E-state index contributed by atoms with van der Waals surface area (Å²) in [7, 11) is 2.08. The maximum atomic E-state index is 12.2. The number of hydrogen-bond donors (Lipinski definition) is 2. The molecule has 2 rings (SSSR count). The van der Waals surface area contributed by atoms with Gasteiger partial charge in [-0.05, 0) is 38.6 Å². The molecule has 0 radical (unpaired) electrons. The predicted molar refractivity (Wildman–Crippen MR) is 80.3 cm³/mol. The molecule has 1 aliphatic rings. The van der Waals surface area contributed by atoms with E-state index < -0.39 is 0 Å². The molecule has 0 spiro atoms. The third-order valence-electron chi connectivity index (χ3n) is 3.37. The number of piperidine rings is 1. The van der Waals surface area contributed by atoms with E-state index in [1.807, 2.05) is 6.07 Å². The van der Waals surface area contributed by atoms with E-state index in [0.717, 1.165) is 31.5 Å². The van der Waals surface area contributed by atoms with Crippen molar-refractivity contribution in [2.75, 3.05) is 20.1 Å². The fourth-order valence-electron chi connectivity index (χ4n) is 2.37. The zero-order chi connectivity index (χ0) is 13.8. The molecule has 1 fully saturated rings. The fraction of sp³-hybridized carbons (Fsp3) is 0.429. The molecule has 102 valence electrons. The molecular weight excluding hydrogens is 258 g/mol. The van der Waals surface area contributed by atoms with Crippen molar-refractivity contribution in [1.82, 2.24) is 10.2 Å². The topological polar surface area (TPSA) is 58.4 Å². The minimum atomic E-state index is -0.0570. The molecule has 0 aromatic heterocycles. The van der Waals surface area contributed by atoms with Gasteiger partial charge in [0, 0.05) is 23.7 Å². The summed E-state index contributed by atoms with van der Waals surface area (Å²) < 4.78 is 0. The summed E-state index contributed by atoms with van der Waals surface area (Å²) >= 11 is 4.92. The van der Waals surface area contributed by atoms with Crippen molar-refractivity contribution in [2.45, 2.75) is 18.9 Å². The third-order valence-corrected chi connectivity index (χ3v) is 3.60. The number of carbonyl (C=O) groups excluding carboxylic acids is 1. The number of thiocarbonyl (C=S) groups is 1. The predicted octanol–water partition coefficient (Wildman–Crippen LogP) is 1.14. The molecule has 1 aromatic rings. The van der Waals surface area contributed by atoms with Crippen LogP contribution in [0.15, 0.2) is 24.3 Å². The van der Waals surface area contributed by atoms with Crippen LogP contribution in [0.4, 0.5) is 0 Å². The number of carbonyl (C=O) groups is 1. The maximum Gasteiger partial charge on any atom is 0.251 e. The Kier molecular flexibility index (Phi) is 4.50. The summed E-state index contributed by atoms with van der Waals surface area (Å²) in [6, 6.07) is 7.36. The molecular formula is C14H19N3OS. The quantitative estimate of drug-likeness (QED) is 0.814. The highest BCUT2D eigenvalue weighted by molar-refractivity contribution is 7.80. The summed E-state index contributed by atoms with van der Waals surface area (Å²) in [4.78, 5) is 14.7. The minimum Gasteiger partial charge on any atom is -0.389 e. The van der Waals surface area contributed by atoms with Crippen molar-refractivity contribution in [1.29, 1.82) is 0 Å². The standard InChI is InChI=1S/C14H19N3OS/c1-17-7-3-6-12(9-17)16-14(18)11-5-2-4-10(8-11)13(15)19/h2,4-5,8,12H,3,6-7,9H2,1H3,(H2,15,19)(H,16,18). The monoisotopic (exact) mass is 277 g/mol. The van der Waals surface area contributed by atoms with Crippen LogP contribution >= 0.6 is 12.2 Å². The summed E-state index contributed by atoms with van der Waals surface area (Å²) in [5.41, 5.74) is 6.91. The van der Waals surface area contributed by atoms with Gasteiger partial charge < -0.3 is 16.0 Å². The number of nitrogens with zero attached hydrogens (tertiary/aromatic N) is 1. The fourth-order valence-corrected chi connectivity index (χ4v) is 2.49. The lowest BCUT2D eigenvalue weighted by Crippen LogP contribution is -2.46. The van der Waals surface area contributed by atoms with Crippen LogP contribution < -0.4 is 11.1 Å². The summed E-state index contributed by atoms with van der Waals surface area (Å²) in [5, 5.41) is 3.07. The van der Waals surface area contributed by atoms with E-state index >= 15 is 0 Å². The van der Waals surface area contributed by atoms with Crippen molar-refractivity contribution in [2.24, 2.45) is 5.73 Å². The lowest BCUT2D eigenvalue weighted by molar-refractivity contribution is 0.0912. The molecule has 3 N–H and O–H groups in total. The lowest BCUT2D eigenvalue weighted by Gasteiger charge is -2.30. The van der Waals surface area contributed by atoms with Gasteiger partial charge in [0.15, 0.2) is 0 Å². The number of benzene rings is 1. The first-order valence-electron chi connectivity index (χ1n) is 6.45. The molecule has 4 nitrogen and oxygen atoms in total. The first-order chi connectivity index (χ1) is 9.06. The molecule has 0 bridgehead atoms. The van der Waals surface area contributed by atoms with Crippen LogP contribution in [0, 0.1) is 0 Å². The highest BCUT2D eigenvalue weighted by Gasteiger charge is 2.19. The van der Waals surface area contributed by atoms with E-state index in [-0.39, 0.29) is 11.9 Å². The van der Waals surface area contributed by atoms with E-state index in [0.29, 0.717) is 10.6 Å². The SMILES string of the molecule is CN1CCCC(NC(=O)c2cccc(C(N)=S)c2)C1. The zero-order valence-corrected chi connectivity index (χ0v) is 11.9. The van der Waals surface area contributed by atoms with Gasteiger partial charge in [-0.3, -0.25) is 4.79 Å².